The normalized spacial score (nSPS) is 26.9. The molecule has 2 fully saturated rings. The minimum absolute atomic E-state index is 0.108. The largest absolute Gasteiger partial charge is 0.485 e. The standard InChI is InChI=1S/C23H18ClNO4/c24-16-5-3-13(4-6-16)19(26)12-29-18-9-7-17(8-10-18)25-22(27)20-14-1-2-15(11-14)21(20)23(25)28/h1-10,14-15,20-21H,11-12H2/t14-,15+,20-,21+. The third-order valence-corrected chi connectivity index (χ3v) is 6.35. The molecule has 0 aromatic heterocycles. The predicted molar refractivity (Wildman–Crippen MR) is 108 cm³/mol. The van der Waals surface area contributed by atoms with Crippen LogP contribution in [0.3, 0.4) is 0 Å². The van der Waals surface area contributed by atoms with Gasteiger partial charge in [-0.2, -0.15) is 0 Å². The number of ether oxygens (including phenoxy) is 1. The van der Waals surface area contributed by atoms with Gasteiger partial charge in [-0.1, -0.05) is 23.8 Å². The maximum atomic E-state index is 12.9. The molecule has 2 aliphatic carbocycles. The van der Waals surface area contributed by atoms with Gasteiger partial charge in [-0.15, -0.1) is 0 Å². The summed E-state index contributed by atoms with van der Waals surface area (Å²) in [6.45, 7) is -0.109. The van der Waals surface area contributed by atoms with Crippen LogP contribution in [0.5, 0.6) is 5.75 Å². The van der Waals surface area contributed by atoms with Gasteiger partial charge < -0.3 is 4.74 Å². The summed E-state index contributed by atoms with van der Waals surface area (Å²) in [6, 6.07) is 13.3. The number of amides is 2. The van der Waals surface area contributed by atoms with Crippen molar-refractivity contribution in [3.05, 3.63) is 71.3 Å². The molecule has 1 saturated heterocycles. The summed E-state index contributed by atoms with van der Waals surface area (Å²) in [5.41, 5.74) is 1.07. The number of allylic oxidation sites excluding steroid dienone is 2. The molecule has 1 aliphatic heterocycles. The van der Waals surface area contributed by atoms with Crippen molar-refractivity contribution in [1.29, 1.82) is 0 Å². The zero-order valence-electron chi connectivity index (χ0n) is 15.5. The molecule has 0 spiro atoms. The number of carbonyl (C=O) groups is 3. The van der Waals surface area contributed by atoms with Crippen molar-refractivity contribution < 1.29 is 19.1 Å². The topological polar surface area (TPSA) is 63.7 Å². The van der Waals surface area contributed by atoms with Crippen molar-refractivity contribution in [3.8, 4) is 5.75 Å². The number of carbonyl (C=O) groups excluding carboxylic acids is 3. The maximum Gasteiger partial charge on any atom is 0.238 e. The quantitative estimate of drug-likeness (QED) is 0.428. The molecule has 2 aromatic carbocycles. The molecule has 4 atom stereocenters. The SMILES string of the molecule is O=C(COc1ccc(N2C(=O)[C@@H]3[C@H](C2=O)[C@@H]2C=C[C@H]3C2)cc1)c1ccc(Cl)cc1. The fourth-order valence-corrected chi connectivity index (χ4v) is 4.84. The van der Waals surface area contributed by atoms with Crippen LogP contribution in [0.25, 0.3) is 0 Å². The van der Waals surface area contributed by atoms with Crippen molar-refractivity contribution in [2.45, 2.75) is 6.42 Å². The van der Waals surface area contributed by atoms with Crippen molar-refractivity contribution >= 4 is 34.9 Å². The second-order valence-corrected chi connectivity index (χ2v) is 8.16. The van der Waals surface area contributed by atoms with Gasteiger partial charge in [-0.05, 0) is 66.8 Å². The van der Waals surface area contributed by atoms with Crippen LogP contribution in [-0.2, 0) is 9.59 Å². The summed E-state index contributed by atoms with van der Waals surface area (Å²) in [5.74, 6) is 0.0621. The second kappa shape index (κ2) is 6.85. The fraction of sp³-hybridized carbons (Fsp3) is 0.261. The molecule has 2 bridgehead atoms. The van der Waals surface area contributed by atoms with E-state index in [0.29, 0.717) is 22.0 Å². The lowest BCUT2D eigenvalue weighted by Crippen LogP contribution is -2.32. The van der Waals surface area contributed by atoms with E-state index in [4.69, 9.17) is 16.3 Å². The smallest absolute Gasteiger partial charge is 0.238 e. The highest BCUT2D eigenvalue weighted by Gasteiger charge is 2.59. The molecular weight excluding hydrogens is 390 g/mol. The molecule has 1 heterocycles. The minimum atomic E-state index is -0.217. The van der Waals surface area contributed by atoms with Crippen LogP contribution in [-0.4, -0.2) is 24.2 Å². The number of benzene rings is 2. The first-order chi connectivity index (χ1) is 14.0. The summed E-state index contributed by atoms with van der Waals surface area (Å²) < 4.78 is 5.56. The predicted octanol–water partition coefficient (Wildman–Crippen LogP) is 3.91. The van der Waals surface area contributed by atoms with E-state index < -0.39 is 0 Å². The van der Waals surface area contributed by atoms with Crippen LogP contribution in [0.4, 0.5) is 5.69 Å². The van der Waals surface area contributed by atoms with Crippen LogP contribution in [0.2, 0.25) is 5.02 Å². The molecule has 2 aromatic rings. The Bertz CT molecular complexity index is 998. The highest BCUT2D eigenvalue weighted by Crippen LogP contribution is 2.53. The Labute approximate surface area is 172 Å². The third kappa shape index (κ3) is 2.97. The lowest BCUT2D eigenvalue weighted by atomic mass is 9.85. The van der Waals surface area contributed by atoms with Gasteiger partial charge in [0, 0.05) is 10.6 Å². The zero-order chi connectivity index (χ0) is 20.1. The molecule has 0 radical (unpaired) electrons. The zero-order valence-corrected chi connectivity index (χ0v) is 16.2. The lowest BCUT2D eigenvalue weighted by molar-refractivity contribution is -0.123. The van der Waals surface area contributed by atoms with Gasteiger partial charge in [0.2, 0.25) is 11.8 Å². The van der Waals surface area contributed by atoms with Gasteiger partial charge >= 0.3 is 0 Å². The summed E-state index contributed by atoms with van der Waals surface area (Å²) >= 11 is 5.83. The number of fused-ring (bicyclic) bond motifs is 5. The number of Topliss-reactive ketones (excluding diaryl/α,β-unsaturated/α-hetero) is 1. The molecule has 146 valence electrons. The van der Waals surface area contributed by atoms with Crippen LogP contribution >= 0.6 is 11.6 Å². The van der Waals surface area contributed by atoms with E-state index in [1.54, 1.807) is 48.5 Å². The minimum Gasteiger partial charge on any atom is -0.485 e. The molecule has 29 heavy (non-hydrogen) atoms. The molecule has 6 heteroatoms. The Hall–Kier alpha value is -2.92. The van der Waals surface area contributed by atoms with Gasteiger partial charge in [0.1, 0.15) is 5.75 Å². The lowest BCUT2D eigenvalue weighted by Gasteiger charge is -2.17. The average molecular weight is 408 g/mol. The number of hydrogen-bond acceptors (Lipinski definition) is 4. The Kier molecular flexibility index (Phi) is 4.28. The van der Waals surface area contributed by atoms with Gasteiger partial charge in [0.15, 0.2) is 12.4 Å². The van der Waals surface area contributed by atoms with E-state index in [2.05, 4.69) is 12.2 Å². The van der Waals surface area contributed by atoms with E-state index in [9.17, 15) is 14.4 Å². The first-order valence-corrected chi connectivity index (χ1v) is 9.98. The molecule has 2 amide bonds. The van der Waals surface area contributed by atoms with Crippen LogP contribution in [0.1, 0.15) is 16.8 Å². The van der Waals surface area contributed by atoms with E-state index in [1.807, 2.05) is 0 Å². The van der Waals surface area contributed by atoms with Crippen LogP contribution in [0, 0.1) is 23.7 Å². The van der Waals surface area contributed by atoms with Gasteiger partial charge in [0.05, 0.1) is 17.5 Å². The number of imide groups is 1. The van der Waals surface area contributed by atoms with E-state index >= 15 is 0 Å². The molecule has 0 N–H and O–H groups in total. The Morgan fingerprint density at radius 1 is 0.931 bits per heavy atom. The number of anilines is 1. The molecule has 0 unspecified atom stereocenters. The van der Waals surface area contributed by atoms with Crippen LogP contribution in [0.15, 0.2) is 60.7 Å². The molecular formula is C23H18ClNO4. The molecule has 1 saturated carbocycles. The third-order valence-electron chi connectivity index (χ3n) is 6.10. The van der Waals surface area contributed by atoms with Gasteiger partial charge in [-0.25, -0.2) is 0 Å². The Morgan fingerprint density at radius 3 is 2.10 bits per heavy atom. The summed E-state index contributed by atoms with van der Waals surface area (Å²) in [7, 11) is 0. The van der Waals surface area contributed by atoms with Gasteiger partial charge in [-0.3, -0.25) is 19.3 Å². The number of hydrogen-bond donors (Lipinski definition) is 0. The second-order valence-electron chi connectivity index (χ2n) is 7.72. The highest BCUT2D eigenvalue weighted by atomic mass is 35.5. The van der Waals surface area contributed by atoms with Crippen molar-refractivity contribution in [2.75, 3.05) is 11.5 Å². The van der Waals surface area contributed by atoms with E-state index in [0.717, 1.165) is 6.42 Å². The summed E-state index contributed by atoms with van der Waals surface area (Å²) in [4.78, 5) is 39.2. The Morgan fingerprint density at radius 2 is 1.52 bits per heavy atom. The average Bonchev–Trinajstić information content (AvgIpc) is 3.41. The number of nitrogens with zero attached hydrogens (tertiary/aromatic N) is 1. The highest BCUT2D eigenvalue weighted by molar-refractivity contribution is 6.30. The summed E-state index contributed by atoms with van der Waals surface area (Å²) in [5, 5.41) is 0.567. The number of ketones is 1. The van der Waals surface area contributed by atoms with Crippen molar-refractivity contribution in [1.82, 2.24) is 0 Å². The molecule has 3 aliphatic rings. The molecule has 5 rings (SSSR count). The first kappa shape index (κ1) is 18.1. The Balaban J connectivity index is 1.26. The van der Waals surface area contributed by atoms with Crippen LogP contribution < -0.4 is 9.64 Å². The van der Waals surface area contributed by atoms with Crippen molar-refractivity contribution in [2.24, 2.45) is 23.7 Å². The summed E-state index contributed by atoms with van der Waals surface area (Å²) in [6.07, 6.45) is 5.07. The first-order valence-electron chi connectivity index (χ1n) is 9.61. The van der Waals surface area contributed by atoms with E-state index in [-0.39, 0.29) is 47.9 Å². The number of halogens is 1. The van der Waals surface area contributed by atoms with Crippen molar-refractivity contribution in [3.63, 3.8) is 0 Å². The van der Waals surface area contributed by atoms with E-state index in [1.165, 1.54) is 4.90 Å². The monoisotopic (exact) mass is 407 g/mol. The van der Waals surface area contributed by atoms with Gasteiger partial charge in [0.25, 0.3) is 0 Å². The molecule has 5 nitrogen and oxygen atoms in total. The number of rotatable bonds is 5. The maximum absolute atomic E-state index is 12.9. The fourth-order valence-electron chi connectivity index (χ4n) is 4.72.